The van der Waals surface area contributed by atoms with Gasteiger partial charge >= 0.3 is 0 Å². The van der Waals surface area contributed by atoms with Gasteiger partial charge in [-0.2, -0.15) is 5.10 Å². The van der Waals surface area contributed by atoms with E-state index in [0.29, 0.717) is 0 Å². The van der Waals surface area contributed by atoms with Gasteiger partial charge in [0.25, 0.3) is 0 Å². The molecule has 1 N–H and O–H groups in total. The van der Waals surface area contributed by atoms with Gasteiger partial charge in [-0.15, -0.1) is 0 Å². The summed E-state index contributed by atoms with van der Waals surface area (Å²) >= 11 is 2.21. The van der Waals surface area contributed by atoms with E-state index in [2.05, 4.69) is 49.9 Å². The molecule has 1 fully saturated rings. The summed E-state index contributed by atoms with van der Waals surface area (Å²) in [7, 11) is 0. The van der Waals surface area contributed by atoms with Crippen molar-refractivity contribution in [1.82, 2.24) is 19.7 Å². The van der Waals surface area contributed by atoms with Crippen LogP contribution >= 0.6 is 22.6 Å². The Morgan fingerprint density at radius 3 is 3.14 bits per heavy atom. The Morgan fingerprint density at radius 1 is 1.48 bits per heavy atom. The van der Waals surface area contributed by atoms with Gasteiger partial charge in [0.15, 0.2) is 15.6 Å². The molecule has 7 heteroatoms. The van der Waals surface area contributed by atoms with E-state index in [-0.39, 0.29) is 6.23 Å². The molecule has 1 unspecified atom stereocenters. The first-order chi connectivity index (χ1) is 10.3. The van der Waals surface area contributed by atoms with Crippen LogP contribution in [0.5, 0.6) is 0 Å². The molecule has 2 aromatic heterocycles. The minimum atomic E-state index is -0.00930. The van der Waals surface area contributed by atoms with Gasteiger partial charge in [-0.05, 0) is 48.3 Å². The topological polar surface area (TPSA) is 64.9 Å². The quantitative estimate of drug-likeness (QED) is 0.615. The zero-order valence-corrected chi connectivity index (χ0v) is 14.3. The smallest absolute Gasteiger partial charge is 0.182 e. The summed E-state index contributed by atoms with van der Waals surface area (Å²) in [6.45, 7) is 3.89. The molecule has 114 valence electrons. The Bertz CT molecular complexity index is 609. The molecule has 0 aromatic carbocycles. The number of halogens is 1. The zero-order valence-electron chi connectivity index (χ0n) is 12.2. The van der Waals surface area contributed by atoms with Crippen LogP contribution in [-0.4, -0.2) is 32.9 Å². The van der Waals surface area contributed by atoms with Gasteiger partial charge in [0, 0.05) is 13.2 Å². The van der Waals surface area contributed by atoms with Crippen LogP contribution in [0.2, 0.25) is 0 Å². The number of nitrogens with zero attached hydrogens (tertiary/aromatic N) is 4. The number of ether oxygens (including phenoxy) is 1. The second kappa shape index (κ2) is 6.87. The van der Waals surface area contributed by atoms with Crippen LogP contribution < -0.4 is 5.32 Å². The van der Waals surface area contributed by atoms with Crippen molar-refractivity contribution in [3.05, 3.63) is 9.90 Å². The minimum absolute atomic E-state index is 0.00930. The number of nitrogens with one attached hydrogen (secondary N) is 1. The van der Waals surface area contributed by atoms with E-state index in [1.54, 1.807) is 6.20 Å². The van der Waals surface area contributed by atoms with Gasteiger partial charge in [-0.3, -0.25) is 0 Å². The standard InChI is InChI=1S/C14H20IN5O/c1-2-3-7-16-10-9-17-12-13(15)19-20(14(12)18-10)11-6-4-5-8-21-11/h9,11H,2-8H2,1H3,(H,16,18). The van der Waals surface area contributed by atoms with Crippen LogP contribution in [0.1, 0.15) is 45.3 Å². The molecule has 3 heterocycles. The maximum absolute atomic E-state index is 5.83. The lowest BCUT2D eigenvalue weighted by atomic mass is 10.2. The van der Waals surface area contributed by atoms with Crippen molar-refractivity contribution in [1.29, 1.82) is 0 Å². The largest absolute Gasteiger partial charge is 0.369 e. The van der Waals surface area contributed by atoms with E-state index < -0.39 is 0 Å². The summed E-state index contributed by atoms with van der Waals surface area (Å²) in [6, 6.07) is 0. The van der Waals surface area contributed by atoms with Crippen molar-refractivity contribution < 1.29 is 4.74 Å². The van der Waals surface area contributed by atoms with E-state index in [9.17, 15) is 0 Å². The Labute approximate surface area is 137 Å². The van der Waals surface area contributed by atoms with Gasteiger partial charge in [-0.25, -0.2) is 14.6 Å². The number of fused-ring (bicyclic) bond motifs is 1. The van der Waals surface area contributed by atoms with Gasteiger partial charge in [0.2, 0.25) is 0 Å². The fourth-order valence-electron chi connectivity index (χ4n) is 2.47. The van der Waals surface area contributed by atoms with Gasteiger partial charge in [-0.1, -0.05) is 13.3 Å². The summed E-state index contributed by atoms with van der Waals surface area (Å²) in [5, 5.41) is 7.90. The lowest BCUT2D eigenvalue weighted by Gasteiger charge is -2.22. The molecular formula is C14H20IN5O. The van der Waals surface area contributed by atoms with E-state index in [1.807, 2.05) is 4.68 Å². The summed E-state index contributed by atoms with van der Waals surface area (Å²) in [5.41, 5.74) is 1.67. The fourth-order valence-corrected chi connectivity index (χ4v) is 3.08. The molecule has 1 atom stereocenters. The van der Waals surface area contributed by atoms with Crippen molar-refractivity contribution in [2.75, 3.05) is 18.5 Å². The summed E-state index contributed by atoms with van der Waals surface area (Å²) in [6.07, 6.45) is 7.35. The summed E-state index contributed by atoms with van der Waals surface area (Å²) in [5.74, 6) is 0.810. The first-order valence-electron chi connectivity index (χ1n) is 7.56. The maximum Gasteiger partial charge on any atom is 0.182 e. The highest BCUT2D eigenvalue weighted by Crippen LogP contribution is 2.27. The second-order valence-corrected chi connectivity index (χ2v) is 6.29. The van der Waals surface area contributed by atoms with Crippen molar-refractivity contribution in [3.8, 4) is 0 Å². The van der Waals surface area contributed by atoms with E-state index in [4.69, 9.17) is 4.74 Å². The van der Waals surface area contributed by atoms with Crippen molar-refractivity contribution in [3.63, 3.8) is 0 Å². The number of hydrogen-bond acceptors (Lipinski definition) is 5. The first kappa shape index (κ1) is 15.0. The average molecular weight is 401 g/mol. The number of hydrogen-bond donors (Lipinski definition) is 1. The van der Waals surface area contributed by atoms with E-state index >= 15 is 0 Å². The second-order valence-electron chi connectivity index (χ2n) is 5.26. The number of unbranched alkanes of at least 4 members (excludes halogenated alkanes) is 1. The van der Waals surface area contributed by atoms with Gasteiger partial charge in [0.05, 0.1) is 6.20 Å². The average Bonchev–Trinajstić information content (AvgIpc) is 2.85. The number of anilines is 1. The molecule has 1 saturated heterocycles. The predicted octanol–water partition coefficient (Wildman–Crippen LogP) is 3.34. The van der Waals surface area contributed by atoms with Gasteiger partial charge < -0.3 is 10.1 Å². The van der Waals surface area contributed by atoms with Crippen LogP contribution in [0.3, 0.4) is 0 Å². The predicted molar refractivity (Wildman–Crippen MR) is 90.3 cm³/mol. The third-order valence-electron chi connectivity index (χ3n) is 3.63. The van der Waals surface area contributed by atoms with Crippen LogP contribution in [0.15, 0.2) is 6.20 Å². The highest BCUT2D eigenvalue weighted by molar-refractivity contribution is 14.1. The van der Waals surface area contributed by atoms with E-state index in [1.165, 1.54) is 6.42 Å². The Balaban J connectivity index is 1.90. The Hall–Kier alpha value is -0.960. The van der Waals surface area contributed by atoms with Gasteiger partial charge in [0.1, 0.15) is 11.3 Å². The Morgan fingerprint density at radius 2 is 2.38 bits per heavy atom. The molecular weight excluding hydrogens is 381 g/mol. The lowest BCUT2D eigenvalue weighted by Crippen LogP contribution is -2.19. The highest BCUT2D eigenvalue weighted by atomic mass is 127. The van der Waals surface area contributed by atoms with Crippen LogP contribution in [0, 0.1) is 3.70 Å². The molecule has 0 saturated carbocycles. The fraction of sp³-hybridized carbons (Fsp3) is 0.643. The van der Waals surface area contributed by atoms with Crippen LogP contribution in [0.4, 0.5) is 5.82 Å². The molecule has 1 aliphatic rings. The van der Waals surface area contributed by atoms with Crippen LogP contribution in [-0.2, 0) is 4.74 Å². The lowest BCUT2D eigenvalue weighted by molar-refractivity contribution is -0.0372. The highest BCUT2D eigenvalue weighted by Gasteiger charge is 2.22. The van der Waals surface area contributed by atoms with Crippen LogP contribution in [0.25, 0.3) is 11.2 Å². The zero-order chi connectivity index (χ0) is 14.7. The molecule has 0 spiro atoms. The maximum atomic E-state index is 5.83. The van der Waals surface area contributed by atoms with Crippen molar-refractivity contribution in [2.45, 2.75) is 45.3 Å². The van der Waals surface area contributed by atoms with Crippen molar-refractivity contribution in [2.24, 2.45) is 0 Å². The SMILES string of the molecule is CCCCNc1cnc2c(I)nn(C3CCCCO3)c2n1. The molecule has 0 aliphatic carbocycles. The molecule has 21 heavy (non-hydrogen) atoms. The third kappa shape index (κ3) is 3.28. The molecule has 0 bridgehead atoms. The Kier molecular flexibility index (Phi) is 4.89. The number of aromatic nitrogens is 4. The number of rotatable bonds is 5. The van der Waals surface area contributed by atoms with Crippen molar-refractivity contribution >= 4 is 39.6 Å². The molecule has 6 nitrogen and oxygen atoms in total. The normalized spacial score (nSPS) is 19.0. The summed E-state index contributed by atoms with van der Waals surface area (Å²) in [4.78, 5) is 9.19. The molecule has 0 radical (unpaired) electrons. The molecule has 1 aliphatic heterocycles. The monoisotopic (exact) mass is 401 g/mol. The first-order valence-corrected chi connectivity index (χ1v) is 8.63. The molecule has 3 rings (SSSR count). The van der Waals surface area contributed by atoms with E-state index in [0.717, 1.165) is 59.5 Å². The third-order valence-corrected chi connectivity index (χ3v) is 4.35. The molecule has 0 amide bonds. The molecule has 2 aromatic rings. The minimum Gasteiger partial charge on any atom is -0.369 e. The summed E-state index contributed by atoms with van der Waals surface area (Å²) < 4.78 is 8.61.